The maximum Gasteiger partial charge on any atom is 0.320 e. The molecule has 0 saturated heterocycles. The molecule has 0 aliphatic carbocycles. The number of carbonyl (C=O) groups excluding carboxylic acids is 1. The van der Waals surface area contributed by atoms with E-state index in [2.05, 4.69) is 6.07 Å². The summed E-state index contributed by atoms with van der Waals surface area (Å²) in [5, 5.41) is 2.03. The van der Waals surface area contributed by atoms with Crippen molar-refractivity contribution in [1.29, 1.82) is 0 Å². The minimum absolute atomic E-state index is 0.105. The molecule has 0 unspecified atom stereocenters. The van der Waals surface area contributed by atoms with Gasteiger partial charge in [-0.15, -0.1) is 11.3 Å². The zero-order valence-electron chi connectivity index (χ0n) is 9.56. The number of hydrogen-bond acceptors (Lipinski definition) is 2. The molecule has 15 heavy (non-hydrogen) atoms. The second-order valence-corrected chi connectivity index (χ2v) is 4.42. The van der Waals surface area contributed by atoms with Crippen molar-refractivity contribution >= 4 is 17.4 Å². The molecule has 0 atom stereocenters. The lowest BCUT2D eigenvalue weighted by Gasteiger charge is -2.25. The first kappa shape index (κ1) is 12.0. The molecule has 0 saturated carbocycles. The molecule has 4 heteroatoms. The molecule has 84 valence electrons. The summed E-state index contributed by atoms with van der Waals surface area (Å²) in [6, 6.07) is 4.17. The van der Waals surface area contributed by atoms with E-state index in [1.807, 2.05) is 37.2 Å². The largest absolute Gasteiger partial charge is 0.325 e. The number of urea groups is 1. The maximum atomic E-state index is 11.9. The van der Waals surface area contributed by atoms with Crippen molar-refractivity contribution in [3.8, 4) is 0 Å². The predicted octanol–water partition coefficient (Wildman–Crippen LogP) is 2.64. The van der Waals surface area contributed by atoms with E-state index >= 15 is 0 Å². The first-order chi connectivity index (χ1) is 7.19. The Balaban J connectivity index is 2.53. The molecule has 0 bridgehead atoms. The minimum atomic E-state index is 0.105. The summed E-state index contributed by atoms with van der Waals surface area (Å²) < 4.78 is 0. The van der Waals surface area contributed by atoms with Gasteiger partial charge in [0.2, 0.25) is 0 Å². The van der Waals surface area contributed by atoms with Gasteiger partial charge in [0, 0.05) is 25.0 Å². The van der Waals surface area contributed by atoms with Crippen LogP contribution in [0.25, 0.3) is 0 Å². The summed E-state index contributed by atoms with van der Waals surface area (Å²) in [6.45, 7) is 6.24. The van der Waals surface area contributed by atoms with E-state index in [0.29, 0.717) is 6.54 Å². The molecule has 2 amide bonds. The third-order valence-electron chi connectivity index (χ3n) is 2.33. The van der Waals surface area contributed by atoms with Crippen LogP contribution < -0.4 is 0 Å². The lowest BCUT2D eigenvalue weighted by atomic mass is 10.4. The molecule has 0 aliphatic rings. The topological polar surface area (TPSA) is 23.6 Å². The maximum absolute atomic E-state index is 11.9. The summed E-state index contributed by atoms with van der Waals surface area (Å²) in [5.74, 6) is 0. The quantitative estimate of drug-likeness (QED) is 0.774. The lowest BCUT2D eigenvalue weighted by molar-refractivity contribution is 0.166. The van der Waals surface area contributed by atoms with Crippen LogP contribution in [-0.2, 0) is 6.54 Å². The van der Waals surface area contributed by atoms with Crippen LogP contribution in [0.15, 0.2) is 17.5 Å². The Bertz CT molecular complexity index is 294. The Kier molecular flexibility index (Phi) is 4.62. The van der Waals surface area contributed by atoms with E-state index in [0.717, 1.165) is 13.1 Å². The molecule has 3 nitrogen and oxygen atoms in total. The summed E-state index contributed by atoms with van der Waals surface area (Å²) in [6.07, 6.45) is 0. The van der Waals surface area contributed by atoms with Crippen LogP contribution in [0.5, 0.6) is 0 Å². The zero-order valence-corrected chi connectivity index (χ0v) is 10.4. The van der Waals surface area contributed by atoms with Gasteiger partial charge in [-0.1, -0.05) is 6.07 Å². The van der Waals surface area contributed by atoms with E-state index in [4.69, 9.17) is 0 Å². The molecule has 1 aromatic heterocycles. The number of thiophene rings is 1. The first-order valence-corrected chi connectivity index (χ1v) is 6.09. The molecule has 0 aliphatic heterocycles. The van der Waals surface area contributed by atoms with Crippen molar-refractivity contribution < 1.29 is 4.79 Å². The van der Waals surface area contributed by atoms with E-state index < -0.39 is 0 Å². The Morgan fingerprint density at radius 3 is 2.53 bits per heavy atom. The van der Waals surface area contributed by atoms with Crippen molar-refractivity contribution in [3.05, 3.63) is 22.4 Å². The van der Waals surface area contributed by atoms with Gasteiger partial charge in [0.1, 0.15) is 0 Å². The monoisotopic (exact) mass is 226 g/mol. The van der Waals surface area contributed by atoms with Crippen molar-refractivity contribution in [2.75, 3.05) is 20.1 Å². The van der Waals surface area contributed by atoms with Gasteiger partial charge in [0.15, 0.2) is 0 Å². The average molecular weight is 226 g/mol. The van der Waals surface area contributed by atoms with Gasteiger partial charge in [0.05, 0.1) is 6.54 Å². The highest BCUT2D eigenvalue weighted by atomic mass is 32.1. The number of carbonyl (C=O) groups is 1. The van der Waals surface area contributed by atoms with E-state index in [-0.39, 0.29) is 6.03 Å². The van der Waals surface area contributed by atoms with Gasteiger partial charge in [-0.3, -0.25) is 0 Å². The summed E-state index contributed by atoms with van der Waals surface area (Å²) in [7, 11) is 1.85. The Morgan fingerprint density at radius 1 is 1.40 bits per heavy atom. The molecule has 1 heterocycles. The molecule has 0 fully saturated rings. The molecule has 0 radical (unpaired) electrons. The number of amides is 2. The second kappa shape index (κ2) is 5.75. The highest BCUT2D eigenvalue weighted by Crippen LogP contribution is 2.11. The minimum Gasteiger partial charge on any atom is -0.325 e. The smallest absolute Gasteiger partial charge is 0.320 e. The summed E-state index contributed by atoms with van der Waals surface area (Å²) >= 11 is 1.68. The van der Waals surface area contributed by atoms with Crippen LogP contribution in [0, 0.1) is 0 Å². The van der Waals surface area contributed by atoms with Gasteiger partial charge in [0.25, 0.3) is 0 Å². The molecule has 1 rings (SSSR count). The van der Waals surface area contributed by atoms with Gasteiger partial charge in [-0.25, -0.2) is 4.79 Å². The molecular weight excluding hydrogens is 208 g/mol. The van der Waals surface area contributed by atoms with E-state index in [9.17, 15) is 4.79 Å². The summed E-state index contributed by atoms with van der Waals surface area (Å²) in [5.41, 5.74) is 0. The van der Waals surface area contributed by atoms with Crippen LogP contribution in [0.1, 0.15) is 18.7 Å². The van der Waals surface area contributed by atoms with Crippen LogP contribution in [0.2, 0.25) is 0 Å². The first-order valence-electron chi connectivity index (χ1n) is 5.21. The van der Waals surface area contributed by atoms with Gasteiger partial charge < -0.3 is 9.80 Å². The molecule has 0 N–H and O–H groups in total. The molecule has 1 aromatic rings. The van der Waals surface area contributed by atoms with Crippen LogP contribution in [0.3, 0.4) is 0 Å². The Morgan fingerprint density at radius 2 is 2.07 bits per heavy atom. The zero-order chi connectivity index (χ0) is 11.3. The second-order valence-electron chi connectivity index (χ2n) is 3.39. The van der Waals surface area contributed by atoms with Crippen molar-refractivity contribution in [1.82, 2.24) is 9.80 Å². The average Bonchev–Trinajstić information content (AvgIpc) is 2.72. The number of hydrogen-bond donors (Lipinski definition) is 0. The SMILES string of the molecule is CCN(CC)C(=O)N(C)Cc1cccs1. The Labute approximate surface area is 95.3 Å². The highest BCUT2D eigenvalue weighted by molar-refractivity contribution is 7.09. The standard InChI is InChI=1S/C11H18N2OS/c1-4-13(5-2)11(14)12(3)9-10-7-6-8-15-10/h6-8H,4-5,9H2,1-3H3. The van der Waals surface area contributed by atoms with E-state index in [1.165, 1.54) is 4.88 Å². The summed E-state index contributed by atoms with van der Waals surface area (Å²) in [4.78, 5) is 16.7. The normalized spacial score (nSPS) is 10.1. The van der Waals surface area contributed by atoms with Gasteiger partial charge >= 0.3 is 6.03 Å². The lowest BCUT2D eigenvalue weighted by Crippen LogP contribution is -2.40. The highest BCUT2D eigenvalue weighted by Gasteiger charge is 2.14. The Hall–Kier alpha value is -1.03. The fourth-order valence-corrected chi connectivity index (χ4v) is 2.20. The fraction of sp³-hybridized carbons (Fsp3) is 0.545. The van der Waals surface area contributed by atoms with Crippen LogP contribution in [0.4, 0.5) is 4.79 Å². The van der Waals surface area contributed by atoms with Crippen molar-refractivity contribution in [3.63, 3.8) is 0 Å². The predicted molar refractivity (Wildman–Crippen MR) is 64.1 cm³/mol. The number of nitrogens with zero attached hydrogens (tertiary/aromatic N) is 2. The molecular formula is C11H18N2OS. The van der Waals surface area contributed by atoms with Gasteiger partial charge in [-0.2, -0.15) is 0 Å². The third-order valence-corrected chi connectivity index (χ3v) is 3.19. The van der Waals surface area contributed by atoms with E-state index in [1.54, 1.807) is 16.2 Å². The third kappa shape index (κ3) is 3.23. The van der Waals surface area contributed by atoms with Crippen LogP contribution >= 0.6 is 11.3 Å². The molecule has 0 aromatic carbocycles. The fourth-order valence-electron chi connectivity index (χ4n) is 1.44. The number of rotatable bonds is 4. The van der Waals surface area contributed by atoms with Crippen LogP contribution in [-0.4, -0.2) is 36.0 Å². The van der Waals surface area contributed by atoms with Gasteiger partial charge in [-0.05, 0) is 25.3 Å². The van der Waals surface area contributed by atoms with Crippen molar-refractivity contribution in [2.24, 2.45) is 0 Å². The van der Waals surface area contributed by atoms with Crippen molar-refractivity contribution in [2.45, 2.75) is 20.4 Å². The molecule has 0 spiro atoms.